The molecule has 0 aliphatic rings. The molecule has 1 N–H and O–H groups in total. The van der Waals surface area contributed by atoms with Gasteiger partial charge in [0, 0.05) is 19.4 Å². The van der Waals surface area contributed by atoms with E-state index in [1.807, 2.05) is 31.1 Å². The van der Waals surface area contributed by atoms with Crippen molar-refractivity contribution >= 4 is 0 Å². The van der Waals surface area contributed by atoms with Gasteiger partial charge < -0.3 is 9.88 Å². The van der Waals surface area contributed by atoms with Crippen molar-refractivity contribution in [1.82, 2.24) is 14.9 Å². The van der Waals surface area contributed by atoms with Gasteiger partial charge in [0.2, 0.25) is 0 Å². The molecule has 13 heavy (non-hydrogen) atoms. The van der Waals surface area contributed by atoms with Crippen LogP contribution in [-0.2, 0) is 7.05 Å². The average molecular weight is 179 g/mol. The third kappa shape index (κ3) is 2.42. The Morgan fingerprint density at radius 3 is 2.69 bits per heavy atom. The molecule has 0 aliphatic carbocycles. The Balaban J connectivity index is 2.91. The highest BCUT2D eigenvalue weighted by Crippen LogP contribution is 2.12. The molecular weight excluding hydrogens is 162 g/mol. The Morgan fingerprint density at radius 2 is 2.31 bits per heavy atom. The second-order valence-corrected chi connectivity index (χ2v) is 3.41. The Morgan fingerprint density at radius 1 is 1.62 bits per heavy atom. The standard InChI is InChI=1S/C10H17N3/c1-8(2)7-9(11-3)10-12-5-6-13(10)4/h5-7,9,11H,1-4H3. The van der Waals surface area contributed by atoms with Gasteiger partial charge in [-0.3, -0.25) is 0 Å². The molecule has 0 spiro atoms. The van der Waals surface area contributed by atoms with E-state index in [0.717, 1.165) is 5.82 Å². The minimum atomic E-state index is 0.213. The zero-order valence-corrected chi connectivity index (χ0v) is 8.70. The summed E-state index contributed by atoms with van der Waals surface area (Å²) in [5, 5.41) is 3.22. The fourth-order valence-corrected chi connectivity index (χ4v) is 1.30. The topological polar surface area (TPSA) is 29.9 Å². The number of allylic oxidation sites excluding steroid dienone is 1. The fourth-order valence-electron chi connectivity index (χ4n) is 1.30. The van der Waals surface area contributed by atoms with Crippen LogP contribution in [0.5, 0.6) is 0 Å². The van der Waals surface area contributed by atoms with Crippen LogP contribution >= 0.6 is 0 Å². The summed E-state index contributed by atoms with van der Waals surface area (Å²) >= 11 is 0. The number of aromatic nitrogens is 2. The van der Waals surface area contributed by atoms with Crippen molar-refractivity contribution in [1.29, 1.82) is 0 Å². The van der Waals surface area contributed by atoms with Gasteiger partial charge in [-0.1, -0.05) is 11.6 Å². The summed E-state index contributed by atoms with van der Waals surface area (Å²) in [7, 11) is 3.95. The molecule has 1 atom stereocenters. The lowest BCUT2D eigenvalue weighted by atomic mass is 10.2. The molecule has 0 saturated heterocycles. The highest BCUT2D eigenvalue weighted by Gasteiger charge is 2.09. The normalized spacial score (nSPS) is 12.6. The maximum absolute atomic E-state index is 4.30. The van der Waals surface area contributed by atoms with Crippen LogP contribution in [0.4, 0.5) is 0 Å². The molecule has 1 unspecified atom stereocenters. The first-order chi connectivity index (χ1) is 6.15. The summed E-state index contributed by atoms with van der Waals surface area (Å²) in [6.07, 6.45) is 5.94. The van der Waals surface area contributed by atoms with Crippen LogP contribution in [-0.4, -0.2) is 16.6 Å². The molecule has 0 radical (unpaired) electrons. The Kier molecular flexibility index (Phi) is 3.25. The van der Waals surface area contributed by atoms with Crippen molar-refractivity contribution in [3.63, 3.8) is 0 Å². The molecule has 0 aromatic carbocycles. The lowest BCUT2D eigenvalue weighted by molar-refractivity contribution is 0.631. The molecule has 1 aromatic heterocycles. The van der Waals surface area contributed by atoms with Gasteiger partial charge >= 0.3 is 0 Å². The van der Waals surface area contributed by atoms with E-state index in [9.17, 15) is 0 Å². The van der Waals surface area contributed by atoms with E-state index in [4.69, 9.17) is 0 Å². The molecule has 0 fully saturated rings. The molecule has 72 valence electrons. The number of likely N-dealkylation sites (N-methyl/N-ethyl adjacent to an activating group) is 1. The molecule has 0 aliphatic heterocycles. The van der Waals surface area contributed by atoms with Crippen molar-refractivity contribution < 1.29 is 0 Å². The van der Waals surface area contributed by atoms with Crippen molar-refractivity contribution in [2.45, 2.75) is 19.9 Å². The molecule has 0 bridgehead atoms. The monoisotopic (exact) mass is 179 g/mol. The van der Waals surface area contributed by atoms with E-state index in [2.05, 4.69) is 30.2 Å². The zero-order chi connectivity index (χ0) is 9.84. The molecule has 1 aromatic rings. The van der Waals surface area contributed by atoms with Crippen molar-refractivity contribution in [3.8, 4) is 0 Å². The lowest BCUT2D eigenvalue weighted by Gasteiger charge is -2.12. The molecule has 0 saturated carbocycles. The highest BCUT2D eigenvalue weighted by molar-refractivity contribution is 5.11. The molecule has 0 amide bonds. The first kappa shape index (κ1) is 9.99. The van der Waals surface area contributed by atoms with E-state index in [0.29, 0.717) is 0 Å². The highest BCUT2D eigenvalue weighted by atomic mass is 15.1. The minimum absolute atomic E-state index is 0.213. The van der Waals surface area contributed by atoms with Crippen molar-refractivity contribution in [2.24, 2.45) is 7.05 Å². The third-order valence-electron chi connectivity index (χ3n) is 1.95. The summed E-state index contributed by atoms with van der Waals surface area (Å²) in [6, 6.07) is 0.213. The molecule has 3 heteroatoms. The smallest absolute Gasteiger partial charge is 0.129 e. The summed E-state index contributed by atoms with van der Waals surface area (Å²) < 4.78 is 2.03. The Bertz CT molecular complexity index is 295. The third-order valence-corrected chi connectivity index (χ3v) is 1.95. The maximum atomic E-state index is 4.30. The van der Waals surface area contributed by atoms with Crippen LogP contribution in [0.2, 0.25) is 0 Å². The molecule has 3 nitrogen and oxygen atoms in total. The number of nitrogens with one attached hydrogen (secondary N) is 1. The van der Waals surface area contributed by atoms with Crippen LogP contribution in [0.15, 0.2) is 24.0 Å². The van der Waals surface area contributed by atoms with Crippen LogP contribution in [0.3, 0.4) is 0 Å². The van der Waals surface area contributed by atoms with E-state index in [1.54, 1.807) is 0 Å². The second-order valence-electron chi connectivity index (χ2n) is 3.41. The molecule has 1 heterocycles. The fraction of sp³-hybridized carbons (Fsp3) is 0.500. The van der Waals surface area contributed by atoms with Crippen LogP contribution < -0.4 is 5.32 Å². The number of aryl methyl sites for hydroxylation is 1. The average Bonchev–Trinajstić information content (AvgIpc) is 2.47. The van der Waals surface area contributed by atoms with Crippen LogP contribution in [0.25, 0.3) is 0 Å². The van der Waals surface area contributed by atoms with Gasteiger partial charge in [-0.15, -0.1) is 0 Å². The van der Waals surface area contributed by atoms with Crippen molar-refractivity contribution in [3.05, 3.63) is 29.9 Å². The van der Waals surface area contributed by atoms with E-state index >= 15 is 0 Å². The first-order valence-electron chi connectivity index (χ1n) is 4.44. The second kappa shape index (κ2) is 4.23. The predicted octanol–water partition coefficient (Wildman–Crippen LogP) is 1.65. The minimum Gasteiger partial charge on any atom is -0.336 e. The van der Waals surface area contributed by atoms with Gasteiger partial charge in [-0.25, -0.2) is 4.98 Å². The van der Waals surface area contributed by atoms with E-state index in [-0.39, 0.29) is 6.04 Å². The van der Waals surface area contributed by atoms with Crippen LogP contribution in [0.1, 0.15) is 25.7 Å². The summed E-state index contributed by atoms with van der Waals surface area (Å²) in [4.78, 5) is 4.30. The number of hydrogen-bond acceptors (Lipinski definition) is 2. The Labute approximate surface area is 79.5 Å². The van der Waals surface area contributed by atoms with E-state index in [1.165, 1.54) is 5.57 Å². The lowest BCUT2D eigenvalue weighted by Crippen LogP contribution is -2.18. The predicted molar refractivity (Wildman–Crippen MR) is 54.4 cm³/mol. The van der Waals surface area contributed by atoms with Crippen molar-refractivity contribution in [2.75, 3.05) is 7.05 Å². The first-order valence-corrected chi connectivity index (χ1v) is 4.44. The Hall–Kier alpha value is -1.09. The van der Waals surface area contributed by atoms with E-state index < -0.39 is 0 Å². The maximum Gasteiger partial charge on any atom is 0.129 e. The van der Waals surface area contributed by atoms with Gasteiger partial charge in [0.15, 0.2) is 0 Å². The number of rotatable bonds is 3. The molecule has 1 rings (SSSR count). The van der Waals surface area contributed by atoms with Gasteiger partial charge in [0.1, 0.15) is 5.82 Å². The van der Waals surface area contributed by atoms with Gasteiger partial charge in [-0.05, 0) is 20.9 Å². The summed E-state index contributed by atoms with van der Waals surface area (Å²) in [6.45, 7) is 4.18. The van der Waals surface area contributed by atoms with Gasteiger partial charge in [0.05, 0.1) is 6.04 Å². The number of nitrogens with zero attached hydrogens (tertiary/aromatic N) is 2. The number of imidazole rings is 1. The van der Waals surface area contributed by atoms with Crippen LogP contribution in [0, 0.1) is 0 Å². The van der Waals surface area contributed by atoms with Gasteiger partial charge in [0.25, 0.3) is 0 Å². The molecular formula is C10H17N3. The summed E-state index contributed by atoms with van der Waals surface area (Å²) in [5.74, 6) is 1.05. The summed E-state index contributed by atoms with van der Waals surface area (Å²) in [5.41, 5.74) is 1.29. The quantitative estimate of drug-likeness (QED) is 0.715. The SMILES string of the molecule is CNC(C=C(C)C)c1nccn1C. The zero-order valence-electron chi connectivity index (χ0n) is 8.70. The largest absolute Gasteiger partial charge is 0.336 e. The van der Waals surface area contributed by atoms with Gasteiger partial charge in [-0.2, -0.15) is 0 Å². The number of hydrogen-bond donors (Lipinski definition) is 1.